The Morgan fingerprint density at radius 2 is 1.77 bits per heavy atom. The molecule has 0 saturated heterocycles. The zero-order chi connectivity index (χ0) is 19.1. The minimum absolute atomic E-state index is 0.0556. The Hall–Kier alpha value is -2.21. The third kappa shape index (κ3) is 6.26. The van der Waals surface area contributed by atoms with Crippen molar-refractivity contribution in [2.24, 2.45) is 5.92 Å². The summed E-state index contributed by atoms with van der Waals surface area (Å²) in [6.07, 6.45) is 0. The molecule has 140 valence electrons. The maximum atomic E-state index is 13.1. The van der Waals surface area contributed by atoms with Crippen LogP contribution in [0.25, 0.3) is 0 Å². The number of carbonyl (C=O) groups excluding carboxylic acids is 2. The van der Waals surface area contributed by atoms with Crippen molar-refractivity contribution in [1.82, 2.24) is 9.80 Å². The van der Waals surface area contributed by atoms with E-state index in [0.29, 0.717) is 19.6 Å². The molecule has 26 heavy (non-hydrogen) atoms. The van der Waals surface area contributed by atoms with Crippen LogP contribution in [0.1, 0.15) is 31.2 Å². The van der Waals surface area contributed by atoms with E-state index >= 15 is 0 Å². The molecular formula is C20H25FN2O2S. The van der Waals surface area contributed by atoms with Crippen molar-refractivity contribution < 1.29 is 14.0 Å². The summed E-state index contributed by atoms with van der Waals surface area (Å²) in [5.41, 5.74) is 0.856. The van der Waals surface area contributed by atoms with Gasteiger partial charge in [-0.1, -0.05) is 32.0 Å². The van der Waals surface area contributed by atoms with Crippen LogP contribution in [0.4, 0.5) is 4.39 Å². The Kier molecular flexibility index (Phi) is 7.33. The summed E-state index contributed by atoms with van der Waals surface area (Å²) in [5.74, 6) is -0.234. The quantitative estimate of drug-likeness (QED) is 0.701. The van der Waals surface area contributed by atoms with Crippen molar-refractivity contribution in [3.05, 3.63) is 58.0 Å². The van der Waals surface area contributed by atoms with Gasteiger partial charge in [0.15, 0.2) is 0 Å². The number of thiophene rings is 1. The number of rotatable bonds is 8. The van der Waals surface area contributed by atoms with Gasteiger partial charge in [-0.15, -0.1) is 11.3 Å². The van der Waals surface area contributed by atoms with Gasteiger partial charge in [0, 0.05) is 24.9 Å². The first-order valence-corrected chi connectivity index (χ1v) is 9.53. The molecule has 1 aromatic heterocycles. The second kappa shape index (κ2) is 9.48. The Morgan fingerprint density at radius 1 is 1.08 bits per heavy atom. The molecule has 0 unspecified atom stereocenters. The van der Waals surface area contributed by atoms with Crippen LogP contribution in [-0.4, -0.2) is 34.7 Å². The fraction of sp³-hybridized carbons (Fsp3) is 0.400. The fourth-order valence-corrected chi connectivity index (χ4v) is 3.36. The van der Waals surface area contributed by atoms with E-state index in [-0.39, 0.29) is 30.1 Å². The lowest BCUT2D eigenvalue weighted by molar-refractivity contribution is -0.140. The van der Waals surface area contributed by atoms with Crippen LogP contribution in [0, 0.1) is 11.7 Å². The highest BCUT2D eigenvalue weighted by molar-refractivity contribution is 7.09. The van der Waals surface area contributed by atoms with Gasteiger partial charge in [-0.3, -0.25) is 9.59 Å². The zero-order valence-corrected chi connectivity index (χ0v) is 16.3. The molecule has 4 nitrogen and oxygen atoms in total. The fourth-order valence-electron chi connectivity index (χ4n) is 2.64. The van der Waals surface area contributed by atoms with Crippen LogP contribution in [0.3, 0.4) is 0 Å². The molecule has 0 bridgehead atoms. The first kappa shape index (κ1) is 20.1. The normalized spacial score (nSPS) is 10.8. The molecule has 0 aliphatic carbocycles. The minimum Gasteiger partial charge on any atom is -0.333 e. The van der Waals surface area contributed by atoms with E-state index in [0.717, 1.165) is 10.4 Å². The van der Waals surface area contributed by atoms with E-state index in [1.165, 1.54) is 19.1 Å². The molecule has 2 amide bonds. The smallest absolute Gasteiger partial charge is 0.242 e. The summed E-state index contributed by atoms with van der Waals surface area (Å²) in [6, 6.07) is 10.1. The predicted octanol–water partition coefficient (Wildman–Crippen LogP) is 3.92. The Balaban J connectivity index is 2.14. The van der Waals surface area contributed by atoms with Gasteiger partial charge in [-0.25, -0.2) is 4.39 Å². The van der Waals surface area contributed by atoms with Crippen molar-refractivity contribution in [3.8, 4) is 0 Å². The Bertz CT molecular complexity index is 714. The summed E-state index contributed by atoms with van der Waals surface area (Å²) in [7, 11) is 0. The van der Waals surface area contributed by atoms with E-state index < -0.39 is 0 Å². The van der Waals surface area contributed by atoms with Crippen LogP contribution in [0.5, 0.6) is 0 Å². The molecule has 0 fully saturated rings. The number of amides is 2. The van der Waals surface area contributed by atoms with Crippen LogP contribution in [-0.2, 0) is 22.7 Å². The van der Waals surface area contributed by atoms with Crippen molar-refractivity contribution >= 4 is 23.2 Å². The van der Waals surface area contributed by atoms with Gasteiger partial charge in [-0.05, 0) is 35.1 Å². The van der Waals surface area contributed by atoms with E-state index in [1.54, 1.807) is 33.3 Å². The standard InChI is InChI=1S/C20H25FN2O2S/c1-15(2)11-22(16(3)24)14-20(25)23(13-19-5-4-10-26-19)12-17-6-8-18(21)9-7-17/h4-10,15H,11-14H2,1-3H3. The summed E-state index contributed by atoms with van der Waals surface area (Å²) >= 11 is 1.58. The number of carbonyl (C=O) groups is 2. The molecule has 0 aliphatic rings. The average Bonchev–Trinajstić information content (AvgIpc) is 3.08. The third-order valence-corrected chi connectivity index (χ3v) is 4.78. The van der Waals surface area contributed by atoms with Gasteiger partial charge < -0.3 is 9.80 Å². The van der Waals surface area contributed by atoms with Gasteiger partial charge in [-0.2, -0.15) is 0 Å². The van der Waals surface area contributed by atoms with Crippen molar-refractivity contribution in [2.45, 2.75) is 33.9 Å². The lowest BCUT2D eigenvalue weighted by atomic mass is 10.2. The van der Waals surface area contributed by atoms with Gasteiger partial charge in [0.1, 0.15) is 5.82 Å². The molecule has 2 aromatic rings. The molecule has 0 spiro atoms. The van der Waals surface area contributed by atoms with Crippen molar-refractivity contribution in [3.63, 3.8) is 0 Å². The van der Waals surface area contributed by atoms with E-state index in [9.17, 15) is 14.0 Å². The molecule has 0 N–H and O–H groups in total. The monoisotopic (exact) mass is 376 g/mol. The summed E-state index contributed by atoms with van der Waals surface area (Å²) < 4.78 is 13.1. The first-order chi connectivity index (χ1) is 12.3. The Morgan fingerprint density at radius 3 is 2.31 bits per heavy atom. The summed E-state index contributed by atoms with van der Waals surface area (Å²) in [6.45, 7) is 6.97. The molecule has 1 heterocycles. The molecule has 1 aromatic carbocycles. The van der Waals surface area contributed by atoms with E-state index in [1.807, 2.05) is 31.4 Å². The van der Waals surface area contributed by atoms with Gasteiger partial charge >= 0.3 is 0 Å². The zero-order valence-electron chi connectivity index (χ0n) is 15.4. The van der Waals surface area contributed by atoms with Crippen LogP contribution in [0.15, 0.2) is 41.8 Å². The van der Waals surface area contributed by atoms with Crippen LogP contribution in [0.2, 0.25) is 0 Å². The van der Waals surface area contributed by atoms with Crippen molar-refractivity contribution in [2.75, 3.05) is 13.1 Å². The minimum atomic E-state index is -0.301. The van der Waals surface area contributed by atoms with E-state index in [2.05, 4.69) is 0 Å². The highest BCUT2D eigenvalue weighted by Gasteiger charge is 2.21. The molecule has 0 aliphatic heterocycles. The number of nitrogens with zero attached hydrogens (tertiary/aromatic N) is 2. The molecule has 0 saturated carbocycles. The average molecular weight is 376 g/mol. The lowest BCUT2D eigenvalue weighted by Crippen LogP contribution is -2.43. The summed E-state index contributed by atoms with van der Waals surface area (Å²) in [4.78, 5) is 29.1. The molecular weight excluding hydrogens is 351 g/mol. The second-order valence-electron chi connectivity index (χ2n) is 6.75. The molecule has 6 heteroatoms. The van der Waals surface area contributed by atoms with Gasteiger partial charge in [0.05, 0.1) is 13.1 Å². The largest absolute Gasteiger partial charge is 0.333 e. The Labute approximate surface area is 158 Å². The molecule has 0 atom stereocenters. The highest BCUT2D eigenvalue weighted by Crippen LogP contribution is 2.16. The number of hydrogen-bond donors (Lipinski definition) is 0. The molecule has 2 rings (SSSR count). The van der Waals surface area contributed by atoms with Crippen molar-refractivity contribution in [1.29, 1.82) is 0 Å². The number of benzene rings is 1. The SMILES string of the molecule is CC(=O)N(CC(=O)N(Cc1ccc(F)cc1)Cc1cccs1)CC(C)C. The predicted molar refractivity (Wildman–Crippen MR) is 102 cm³/mol. The number of hydrogen-bond acceptors (Lipinski definition) is 3. The van der Waals surface area contributed by atoms with Crippen LogP contribution >= 0.6 is 11.3 Å². The maximum absolute atomic E-state index is 13.1. The molecule has 0 radical (unpaired) electrons. The third-order valence-electron chi connectivity index (χ3n) is 3.92. The van der Waals surface area contributed by atoms with Crippen LogP contribution < -0.4 is 0 Å². The second-order valence-corrected chi connectivity index (χ2v) is 7.78. The highest BCUT2D eigenvalue weighted by atomic mass is 32.1. The van der Waals surface area contributed by atoms with E-state index in [4.69, 9.17) is 0 Å². The first-order valence-electron chi connectivity index (χ1n) is 8.65. The summed E-state index contributed by atoms with van der Waals surface area (Å²) in [5, 5.41) is 1.97. The maximum Gasteiger partial charge on any atom is 0.242 e. The van der Waals surface area contributed by atoms with Gasteiger partial charge in [0.2, 0.25) is 11.8 Å². The van der Waals surface area contributed by atoms with Gasteiger partial charge in [0.25, 0.3) is 0 Å². The lowest BCUT2D eigenvalue weighted by Gasteiger charge is -2.28. The number of halogens is 1. The topological polar surface area (TPSA) is 40.6 Å².